The standard InChI is InChI=1S/C13H19FN2O2/c14-11-6-5-10(9-12(11)15)13(18)16-7-3-1-2-4-8-17/h5-6,9,17H,1-4,7-8,15H2,(H,16,18). The summed E-state index contributed by atoms with van der Waals surface area (Å²) in [7, 11) is 0. The topological polar surface area (TPSA) is 75.4 Å². The normalized spacial score (nSPS) is 10.3. The number of anilines is 1. The number of benzene rings is 1. The minimum absolute atomic E-state index is 0.0226. The molecule has 0 aliphatic carbocycles. The van der Waals surface area contributed by atoms with Crippen molar-refractivity contribution in [2.75, 3.05) is 18.9 Å². The summed E-state index contributed by atoms with van der Waals surface area (Å²) in [6.07, 6.45) is 3.58. The zero-order chi connectivity index (χ0) is 13.4. The number of unbranched alkanes of at least 4 members (excludes halogenated alkanes) is 3. The fourth-order valence-corrected chi connectivity index (χ4v) is 1.58. The van der Waals surface area contributed by atoms with Gasteiger partial charge in [-0.15, -0.1) is 0 Å². The van der Waals surface area contributed by atoms with E-state index in [0.717, 1.165) is 25.7 Å². The summed E-state index contributed by atoms with van der Waals surface area (Å²) in [6, 6.07) is 3.93. The molecule has 0 saturated carbocycles. The van der Waals surface area contributed by atoms with E-state index in [4.69, 9.17) is 10.8 Å². The van der Waals surface area contributed by atoms with E-state index >= 15 is 0 Å². The van der Waals surface area contributed by atoms with Crippen molar-refractivity contribution in [3.05, 3.63) is 29.6 Å². The van der Waals surface area contributed by atoms with Gasteiger partial charge in [0.2, 0.25) is 0 Å². The zero-order valence-corrected chi connectivity index (χ0v) is 10.3. The molecule has 0 aliphatic heterocycles. The highest BCUT2D eigenvalue weighted by atomic mass is 19.1. The van der Waals surface area contributed by atoms with Gasteiger partial charge in [0.25, 0.3) is 5.91 Å². The fourth-order valence-electron chi connectivity index (χ4n) is 1.58. The highest BCUT2D eigenvalue weighted by molar-refractivity contribution is 5.94. The minimum Gasteiger partial charge on any atom is -0.396 e. The van der Waals surface area contributed by atoms with E-state index in [-0.39, 0.29) is 18.2 Å². The number of rotatable bonds is 7. The van der Waals surface area contributed by atoms with Crippen LogP contribution in [0.15, 0.2) is 18.2 Å². The summed E-state index contributed by atoms with van der Waals surface area (Å²) in [6.45, 7) is 0.781. The molecular weight excluding hydrogens is 235 g/mol. The van der Waals surface area contributed by atoms with Crippen molar-refractivity contribution in [1.82, 2.24) is 5.32 Å². The molecular formula is C13H19FN2O2. The van der Waals surface area contributed by atoms with Gasteiger partial charge in [0.1, 0.15) is 5.82 Å². The first kappa shape index (κ1) is 14.4. The lowest BCUT2D eigenvalue weighted by molar-refractivity contribution is 0.0953. The average Bonchev–Trinajstić information content (AvgIpc) is 2.36. The molecule has 1 aromatic rings. The Hall–Kier alpha value is -1.62. The van der Waals surface area contributed by atoms with Crippen molar-refractivity contribution in [3.8, 4) is 0 Å². The Labute approximate surface area is 106 Å². The van der Waals surface area contributed by atoms with Crippen molar-refractivity contribution in [2.24, 2.45) is 0 Å². The molecule has 1 aromatic carbocycles. The number of nitrogen functional groups attached to an aromatic ring is 1. The molecule has 0 bridgehead atoms. The molecule has 0 fully saturated rings. The van der Waals surface area contributed by atoms with Gasteiger partial charge in [-0.3, -0.25) is 4.79 Å². The van der Waals surface area contributed by atoms with Gasteiger partial charge in [0.05, 0.1) is 5.69 Å². The number of hydrogen-bond acceptors (Lipinski definition) is 3. The van der Waals surface area contributed by atoms with Crippen LogP contribution in [0.4, 0.5) is 10.1 Å². The largest absolute Gasteiger partial charge is 0.396 e. The summed E-state index contributed by atoms with van der Waals surface area (Å²) in [5.41, 5.74) is 5.73. The van der Waals surface area contributed by atoms with E-state index < -0.39 is 5.82 Å². The highest BCUT2D eigenvalue weighted by Gasteiger charge is 2.07. The van der Waals surface area contributed by atoms with Crippen LogP contribution < -0.4 is 11.1 Å². The summed E-state index contributed by atoms with van der Waals surface area (Å²) in [5.74, 6) is -0.764. The first-order chi connectivity index (χ1) is 8.65. The molecule has 18 heavy (non-hydrogen) atoms. The molecule has 0 atom stereocenters. The smallest absolute Gasteiger partial charge is 0.251 e. The van der Waals surface area contributed by atoms with Gasteiger partial charge >= 0.3 is 0 Å². The number of carbonyl (C=O) groups is 1. The van der Waals surface area contributed by atoms with Crippen LogP contribution in [0.1, 0.15) is 36.0 Å². The van der Waals surface area contributed by atoms with Crippen molar-refractivity contribution < 1.29 is 14.3 Å². The van der Waals surface area contributed by atoms with Gasteiger partial charge in [0.15, 0.2) is 0 Å². The summed E-state index contributed by atoms with van der Waals surface area (Å²) in [5, 5.41) is 11.3. The van der Waals surface area contributed by atoms with Gasteiger partial charge in [-0.1, -0.05) is 12.8 Å². The Bertz CT molecular complexity index is 397. The van der Waals surface area contributed by atoms with Crippen LogP contribution in [0.2, 0.25) is 0 Å². The van der Waals surface area contributed by atoms with Crippen LogP contribution in [-0.2, 0) is 0 Å². The second-order valence-electron chi connectivity index (χ2n) is 4.13. The molecule has 0 radical (unpaired) electrons. The molecule has 0 heterocycles. The van der Waals surface area contributed by atoms with Gasteiger partial charge in [-0.05, 0) is 31.0 Å². The van der Waals surface area contributed by atoms with Gasteiger partial charge in [-0.2, -0.15) is 0 Å². The Kier molecular flexibility index (Phi) is 6.14. The van der Waals surface area contributed by atoms with E-state index in [9.17, 15) is 9.18 Å². The van der Waals surface area contributed by atoms with Crippen molar-refractivity contribution in [1.29, 1.82) is 0 Å². The molecule has 1 rings (SSSR count). The predicted molar refractivity (Wildman–Crippen MR) is 68.7 cm³/mol. The van der Waals surface area contributed by atoms with Crippen molar-refractivity contribution >= 4 is 11.6 Å². The van der Waals surface area contributed by atoms with Crippen LogP contribution in [-0.4, -0.2) is 24.2 Å². The monoisotopic (exact) mass is 254 g/mol. The number of halogens is 1. The molecule has 100 valence electrons. The van der Waals surface area contributed by atoms with Crippen LogP contribution in [0.5, 0.6) is 0 Å². The minimum atomic E-state index is -0.518. The third-order valence-corrected chi connectivity index (χ3v) is 2.63. The van der Waals surface area contributed by atoms with E-state index in [0.29, 0.717) is 12.1 Å². The van der Waals surface area contributed by atoms with Gasteiger partial charge in [0, 0.05) is 18.7 Å². The SMILES string of the molecule is Nc1cc(C(=O)NCCCCCCO)ccc1F. The average molecular weight is 254 g/mol. The molecule has 0 unspecified atom stereocenters. The Morgan fingerprint density at radius 1 is 1.28 bits per heavy atom. The van der Waals surface area contributed by atoms with Gasteiger partial charge in [-0.25, -0.2) is 4.39 Å². The number of hydrogen-bond donors (Lipinski definition) is 3. The van der Waals surface area contributed by atoms with Crippen molar-refractivity contribution in [2.45, 2.75) is 25.7 Å². The van der Waals surface area contributed by atoms with E-state index in [2.05, 4.69) is 5.32 Å². The number of carbonyl (C=O) groups excluding carboxylic acids is 1. The molecule has 5 heteroatoms. The lowest BCUT2D eigenvalue weighted by Gasteiger charge is -2.06. The lowest BCUT2D eigenvalue weighted by atomic mass is 10.1. The van der Waals surface area contributed by atoms with Crippen LogP contribution in [0.25, 0.3) is 0 Å². The summed E-state index contributed by atoms with van der Waals surface area (Å²) < 4.78 is 12.9. The van der Waals surface area contributed by atoms with E-state index in [1.807, 2.05) is 0 Å². The molecule has 0 aromatic heterocycles. The third kappa shape index (κ3) is 4.71. The van der Waals surface area contributed by atoms with Crippen molar-refractivity contribution in [3.63, 3.8) is 0 Å². The van der Waals surface area contributed by atoms with Crippen LogP contribution >= 0.6 is 0 Å². The highest BCUT2D eigenvalue weighted by Crippen LogP contribution is 2.12. The van der Waals surface area contributed by atoms with E-state index in [1.54, 1.807) is 0 Å². The molecule has 4 N–H and O–H groups in total. The summed E-state index contributed by atoms with van der Waals surface area (Å²) >= 11 is 0. The number of aliphatic hydroxyl groups is 1. The number of aliphatic hydroxyl groups excluding tert-OH is 1. The Balaban J connectivity index is 2.30. The first-order valence-electron chi connectivity index (χ1n) is 6.09. The van der Waals surface area contributed by atoms with Crippen LogP contribution in [0.3, 0.4) is 0 Å². The maximum absolute atomic E-state index is 12.9. The fraction of sp³-hybridized carbons (Fsp3) is 0.462. The quantitative estimate of drug-likeness (QED) is 0.512. The Morgan fingerprint density at radius 2 is 2.00 bits per heavy atom. The maximum Gasteiger partial charge on any atom is 0.251 e. The molecule has 0 saturated heterocycles. The maximum atomic E-state index is 12.9. The zero-order valence-electron chi connectivity index (χ0n) is 10.3. The lowest BCUT2D eigenvalue weighted by Crippen LogP contribution is -2.24. The van der Waals surface area contributed by atoms with Crippen LogP contribution in [0, 0.1) is 5.82 Å². The molecule has 0 spiro atoms. The summed E-state index contributed by atoms with van der Waals surface area (Å²) in [4.78, 5) is 11.7. The molecule has 4 nitrogen and oxygen atoms in total. The Morgan fingerprint density at radius 3 is 2.67 bits per heavy atom. The molecule has 0 aliphatic rings. The number of nitrogens with one attached hydrogen (secondary N) is 1. The second kappa shape index (κ2) is 7.66. The first-order valence-corrected chi connectivity index (χ1v) is 6.09. The number of nitrogens with two attached hydrogens (primary N) is 1. The predicted octanol–water partition coefficient (Wildman–Crippen LogP) is 1.69. The number of amides is 1. The van der Waals surface area contributed by atoms with Gasteiger partial charge < -0.3 is 16.2 Å². The second-order valence-corrected chi connectivity index (χ2v) is 4.13. The van der Waals surface area contributed by atoms with E-state index in [1.165, 1.54) is 18.2 Å². The molecule has 1 amide bonds. The third-order valence-electron chi connectivity index (χ3n) is 2.63.